The smallest absolute Gasteiger partial charge is 0.273 e. The molecule has 1 rings (SSSR count). The highest BCUT2D eigenvalue weighted by atomic mass is 35.5. The van der Waals surface area contributed by atoms with Crippen LogP contribution in [-0.4, -0.2) is 17.6 Å². The maximum atomic E-state index is 10.5. The second kappa shape index (κ2) is 4.95. The molecule has 5 nitrogen and oxygen atoms in total. The van der Waals surface area contributed by atoms with Gasteiger partial charge in [0.1, 0.15) is 12.4 Å². The summed E-state index contributed by atoms with van der Waals surface area (Å²) in [6.07, 6.45) is 0. The second-order valence-corrected chi connectivity index (χ2v) is 3.57. The van der Waals surface area contributed by atoms with Crippen LogP contribution in [0.1, 0.15) is 6.92 Å². The van der Waals surface area contributed by atoms with Gasteiger partial charge in [-0.15, -0.1) is 0 Å². The van der Waals surface area contributed by atoms with Crippen molar-refractivity contribution >= 4 is 17.3 Å². The van der Waals surface area contributed by atoms with Gasteiger partial charge in [0.15, 0.2) is 0 Å². The molecule has 0 radical (unpaired) electrons. The lowest BCUT2D eigenvalue weighted by Gasteiger charge is -2.09. The maximum Gasteiger partial charge on any atom is 0.273 e. The molecular weight excluding hydrogens is 220 g/mol. The number of nitrogens with zero attached hydrogens (tertiary/aromatic N) is 1. The minimum atomic E-state index is -0.505. The second-order valence-electron chi connectivity index (χ2n) is 3.16. The highest BCUT2D eigenvalue weighted by Crippen LogP contribution is 2.28. The number of hydrogen-bond acceptors (Lipinski definition) is 4. The lowest BCUT2D eigenvalue weighted by atomic mass is 10.3. The average Bonchev–Trinajstić information content (AvgIpc) is 2.16. The summed E-state index contributed by atoms with van der Waals surface area (Å²) >= 11 is 5.80. The fraction of sp³-hybridized carbons (Fsp3) is 0.333. The molecule has 1 atom stereocenters. The number of nitro benzene ring substituents is 1. The molecule has 0 spiro atoms. The van der Waals surface area contributed by atoms with Crippen molar-refractivity contribution in [1.82, 2.24) is 0 Å². The van der Waals surface area contributed by atoms with Gasteiger partial charge in [-0.1, -0.05) is 11.6 Å². The monoisotopic (exact) mass is 230 g/mol. The topological polar surface area (TPSA) is 78.4 Å². The Bertz CT molecular complexity index is 368. The van der Waals surface area contributed by atoms with Crippen LogP contribution < -0.4 is 10.5 Å². The van der Waals surface area contributed by atoms with Crippen LogP contribution in [0.3, 0.4) is 0 Å². The van der Waals surface area contributed by atoms with Gasteiger partial charge in [0.2, 0.25) is 0 Å². The summed E-state index contributed by atoms with van der Waals surface area (Å²) in [7, 11) is 0. The van der Waals surface area contributed by atoms with E-state index in [1.165, 1.54) is 18.2 Å². The van der Waals surface area contributed by atoms with Gasteiger partial charge in [-0.05, 0) is 13.0 Å². The van der Waals surface area contributed by atoms with E-state index < -0.39 is 4.92 Å². The maximum absolute atomic E-state index is 10.5. The molecular formula is C9H11ClN2O3. The SMILES string of the molecule is CC(N)COc1cc([N+](=O)[O-])ccc1Cl. The normalized spacial score (nSPS) is 12.2. The molecule has 0 amide bonds. The number of benzene rings is 1. The third-order valence-electron chi connectivity index (χ3n) is 1.63. The van der Waals surface area contributed by atoms with E-state index in [-0.39, 0.29) is 24.1 Å². The standard InChI is InChI=1S/C9H11ClN2O3/c1-6(11)5-15-9-4-7(12(13)14)2-3-8(9)10/h2-4,6H,5,11H2,1H3. The highest BCUT2D eigenvalue weighted by molar-refractivity contribution is 6.32. The summed E-state index contributed by atoms with van der Waals surface area (Å²) in [5.74, 6) is 0.281. The van der Waals surface area contributed by atoms with E-state index in [1.54, 1.807) is 6.92 Å². The Labute approximate surface area is 91.9 Å². The van der Waals surface area contributed by atoms with Crippen molar-refractivity contribution in [3.63, 3.8) is 0 Å². The fourth-order valence-electron chi connectivity index (χ4n) is 0.937. The predicted octanol–water partition coefficient (Wildman–Crippen LogP) is 1.97. The Hall–Kier alpha value is -1.33. The van der Waals surface area contributed by atoms with Crippen LogP contribution in [0.25, 0.3) is 0 Å². The van der Waals surface area contributed by atoms with Crippen LogP contribution in [-0.2, 0) is 0 Å². The van der Waals surface area contributed by atoms with Crippen molar-refractivity contribution in [2.45, 2.75) is 13.0 Å². The number of hydrogen-bond donors (Lipinski definition) is 1. The van der Waals surface area contributed by atoms with Crippen molar-refractivity contribution in [1.29, 1.82) is 0 Å². The molecule has 0 heterocycles. The minimum Gasteiger partial charge on any atom is -0.490 e. The first-order valence-corrected chi connectivity index (χ1v) is 4.71. The number of nitrogens with two attached hydrogens (primary N) is 1. The number of non-ortho nitro benzene ring substituents is 1. The first kappa shape index (κ1) is 11.7. The molecule has 1 aromatic carbocycles. The van der Waals surface area contributed by atoms with Crippen LogP contribution in [0.2, 0.25) is 5.02 Å². The van der Waals surface area contributed by atoms with E-state index in [9.17, 15) is 10.1 Å². The summed E-state index contributed by atoms with van der Waals surface area (Å²) in [5, 5.41) is 10.8. The molecule has 0 aliphatic heterocycles. The Balaban J connectivity index is 2.85. The van der Waals surface area contributed by atoms with Crippen molar-refractivity contribution in [2.75, 3.05) is 6.61 Å². The van der Waals surface area contributed by atoms with Gasteiger partial charge in [-0.25, -0.2) is 0 Å². The number of halogens is 1. The molecule has 1 unspecified atom stereocenters. The lowest BCUT2D eigenvalue weighted by Crippen LogP contribution is -2.23. The van der Waals surface area contributed by atoms with Gasteiger partial charge in [-0.3, -0.25) is 10.1 Å². The van der Waals surface area contributed by atoms with Crippen LogP contribution >= 0.6 is 11.6 Å². The summed E-state index contributed by atoms with van der Waals surface area (Å²) in [6.45, 7) is 2.03. The molecule has 0 aliphatic rings. The summed E-state index contributed by atoms with van der Waals surface area (Å²) in [5.41, 5.74) is 5.43. The first-order chi connectivity index (χ1) is 7.00. The summed E-state index contributed by atoms with van der Waals surface area (Å²) in [6, 6.07) is 3.88. The zero-order valence-corrected chi connectivity index (χ0v) is 8.90. The van der Waals surface area contributed by atoms with Crippen LogP contribution in [0, 0.1) is 10.1 Å². The van der Waals surface area contributed by atoms with Gasteiger partial charge < -0.3 is 10.5 Å². The van der Waals surface area contributed by atoms with Gasteiger partial charge in [0, 0.05) is 12.1 Å². The third kappa shape index (κ3) is 3.38. The van der Waals surface area contributed by atoms with Gasteiger partial charge >= 0.3 is 0 Å². The molecule has 0 saturated heterocycles. The van der Waals surface area contributed by atoms with E-state index in [0.29, 0.717) is 5.02 Å². The van der Waals surface area contributed by atoms with Crippen LogP contribution in [0.5, 0.6) is 5.75 Å². The largest absolute Gasteiger partial charge is 0.490 e. The van der Waals surface area contributed by atoms with Crippen molar-refractivity contribution in [3.05, 3.63) is 33.3 Å². The molecule has 6 heteroatoms. The Morgan fingerprint density at radius 3 is 2.87 bits per heavy atom. The van der Waals surface area contributed by atoms with Gasteiger partial charge in [0.05, 0.1) is 16.0 Å². The molecule has 0 saturated carbocycles. The van der Waals surface area contributed by atoms with Crippen LogP contribution in [0.4, 0.5) is 5.69 Å². The molecule has 15 heavy (non-hydrogen) atoms. The predicted molar refractivity (Wildman–Crippen MR) is 57.3 cm³/mol. The number of nitro groups is 1. The fourth-order valence-corrected chi connectivity index (χ4v) is 1.11. The molecule has 1 aromatic rings. The van der Waals surface area contributed by atoms with Crippen molar-refractivity contribution in [3.8, 4) is 5.75 Å². The average molecular weight is 231 g/mol. The van der Waals surface area contributed by atoms with E-state index in [4.69, 9.17) is 22.1 Å². The lowest BCUT2D eigenvalue weighted by molar-refractivity contribution is -0.384. The molecule has 0 fully saturated rings. The Kier molecular flexibility index (Phi) is 3.88. The minimum absolute atomic E-state index is 0.0564. The zero-order valence-electron chi connectivity index (χ0n) is 8.14. The first-order valence-electron chi connectivity index (χ1n) is 4.33. The number of ether oxygens (including phenoxy) is 1. The van der Waals surface area contributed by atoms with Gasteiger partial charge in [0.25, 0.3) is 5.69 Å². The van der Waals surface area contributed by atoms with E-state index in [0.717, 1.165) is 0 Å². The van der Waals surface area contributed by atoms with Crippen molar-refractivity contribution < 1.29 is 9.66 Å². The highest BCUT2D eigenvalue weighted by Gasteiger charge is 2.10. The Morgan fingerprint density at radius 2 is 2.33 bits per heavy atom. The number of rotatable bonds is 4. The molecule has 0 aliphatic carbocycles. The quantitative estimate of drug-likeness (QED) is 0.634. The van der Waals surface area contributed by atoms with E-state index >= 15 is 0 Å². The molecule has 2 N–H and O–H groups in total. The summed E-state index contributed by atoms with van der Waals surface area (Å²) < 4.78 is 5.23. The summed E-state index contributed by atoms with van der Waals surface area (Å²) in [4.78, 5) is 9.98. The third-order valence-corrected chi connectivity index (χ3v) is 1.94. The molecule has 0 aromatic heterocycles. The van der Waals surface area contributed by atoms with Crippen molar-refractivity contribution in [2.24, 2.45) is 5.73 Å². The van der Waals surface area contributed by atoms with Gasteiger partial charge in [-0.2, -0.15) is 0 Å². The Morgan fingerprint density at radius 1 is 1.67 bits per heavy atom. The molecule has 82 valence electrons. The van der Waals surface area contributed by atoms with E-state index in [2.05, 4.69) is 0 Å². The van der Waals surface area contributed by atoms with E-state index in [1.807, 2.05) is 0 Å². The van der Waals surface area contributed by atoms with Crippen LogP contribution in [0.15, 0.2) is 18.2 Å². The molecule has 0 bridgehead atoms. The zero-order chi connectivity index (χ0) is 11.4.